The number of rotatable bonds is 6. The number of nitrogens with zero attached hydrogens (tertiary/aromatic N) is 1. The monoisotopic (exact) mass is 266 g/mol. The second kappa shape index (κ2) is 5.44. The Labute approximate surface area is 111 Å². The van der Waals surface area contributed by atoms with Crippen LogP contribution in [0.3, 0.4) is 0 Å². The van der Waals surface area contributed by atoms with Crippen LogP contribution in [-0.4, -0.2) is 31.3 Å². The average Bonchev–Trinajstić information content (AvgIpc) is 2.37. The second-order valence-electron chi connectivity index (χ2n) is 4.73. The third-order valence-electron chi connectivity index (χ3n) is 3.70. The van der Waals surface area contributed by atoms with E-state index in [2.05, 4.69) is 5.32 Å². The zero-order valence-corrected chi connectivity index (χ0v) is 11.1. The zero-order valence-electron chi connectivity index (χ0n) is 11.1. The second-order valence-corrected chi connectivity index (χ2v) is 4.73. The molecule has 6 nitrogen and oxygen atoms in total. The molecule has 0 unspecified atom stereocenters. The number of anilines is 1. The van der Waals surface area contributed by atoms with E-state index < -0.39 is 4.92 Å². The van der Waals surface area contributed by atoms with Gasteiger partial charge in [0.25, 0.3) is 5.69 Å². The Morgan fingerprint density at radius 3 is 2.63 bits per heavy atom. The Bertz CT molecular complexity index is 466. The van der Waals surface area contributed by atoms with E-state index in [1.54, 1.807) is 19.2 Å². The molecule has 1 saturated carbocycles. The molecule has 1 N–H and O–H groups in total. The van der Waals surface area contributed by atoms with Crippen LogP contribution in [0.15, 0.2) is 18.2 Å². The van der Waals surface area contributed by atoms with Crippen LogP contribution >= 0.6 is 0 Å². The number of methoxy groups -OCH3 is 2. The topological polar surface area (TPSA) is 73.6 Å². The van der Waals surface area contributed by atoms with Gasteiger partial charge in [-0.2, -0.15) is 0 Å². The molecular formula is C13H18N2O4. The van der Waals surface area contributed by atoms with E-state index in [0.717, 1.165) is 19.3 Å². The van der Waals surface area contributed by atoms with Gasteiger partial charge in [-0.05, 0) is 25.3 Å². The first kappa shape index (κ1) is 13.6. The van der Waals surface area contributed by atoms with Crippen molar-refractivity contribution in [2.45, 2.75) is 24.9 Å². The summed E-state index contributed by atoms with van der Waals surface area (Å²) in [6.45, 7) is 0.567. The lowest BCUT2D eigenvalue weighted by Gasteiger charge is -2.40. The van der Waals surface area contributed by atoms with Crippen LogP contribution < -0.4 is 10.1 Å². The summed E-state index contributed by atoms with van der Waals surface area (Å²) in [7, 11) is 3.22. The lowest BCUT2D eigenvalue weighted by atomic mass is 9.80. The molecule has 0 spiro atoms. The average molecular weight is 266 g/mol. The molecule has 0 saturated heterocycles. The molecule has 1 aromatic rings. The number of ether oxygens (including phenoxy) is 2. The highest BCUT2D eigenvalue weighted by Crippen LogP contribution is 2.36. The van der Waals surface area contributed by atoms with Crippen molar-refractivity contribution in [3.8, 4) is 5.75 Å². The molecule has 2 rings (SSSR count). The summed E-state index contributed by atoms with van der Waals surface area (Å²) >= 11 is 0. The fraction of sp³-hybridized carbons (Fsp3) is 0.538. The fourth-order valence-electron chi connectivity index (χ4n) is 2.22. The molecule has 1 aliphatic rings. The van der Waals surface area contributed by atoms with E-state index in [-0.39, 0.29) is 11.3 Å². The van der Waals surface area contributed by atoms with E-state index in [1.165, 1.54) is 13.2 Å². The Morgan fingerprint density at radius 1 is 1.42 bits per heavy atom. The normalized spacial score (nSPS) is 16.5. The minimum atomic E-state index is -0.401. The van der Waals surface area contributed by atoms with Crippen LogP contribution in [0.5, 0.6) is 5.75 Å². The molecule has 0 radical (unpaired) electrons. The van der Waals surface area contributed by atoms with Gasteiger partial charge < -0.3 is 14.8 Å². The lowest BCUT2D eigenvalue weighted by molar-refractivity contribution is -0.384. The van der Waals surface area contributed by atoms with Gasteiger partial charge >= 0.3 is 0 Å². The van der Waals surface area contributed by atoms with Crippen molar-refractivity contribution in [1.82, 2.24) is 0 Å². The molecule has 0 amide bonds. The number of nitrogens with one attached hydrogen (secondary N) is 1. The van der Waals surface area contributed by atoms with Gasteiger partial charge in [0.15, 0.2) is 0 Å². The summed E-state index contributed by atoms with van der Waals surface area (Å²) in [5.74, 6) is 0.591. The number of nitro groups is 1. The molecule has 1 aliphatic carbocycles. The van der Waals surface area contributed by atoms with Crippen LogP contribution in [0.25, 0.3) is 0 Å². The smallest absolute Gasteiger partial charge is 0.292 e. The standard InChI is InChI=1S/C13H18N2O4/c1-18-10-4-5-12(15(16)17)11(8-10)14-9-13(19-2)6-3-7-13/h4-5,8,14H,3,6-7,9H2,1-2H3. The van der Waals surface area contributed by atoms with Crippen molar-refractivity contribution in [3.63, 3.8) is 0 Å². The Hall–Kier alpha value is -1.82. The number of hydrogen-bond donors (Lipinski definition) is 1. The van der Waals surface area contributed by atoms with E-state index in [9.17, 15) is 10.1 Å². The first-order valence-corrected chi connectivity index (χ1v) is 6.22. The summed E-state index contributed by atoms with van der Waals surface area (Å²) in [6.07, 6.45) is 3.10. The molecule has 19 heavy (non-hydrogen) atoms. The van der Waals surface area contributed by atoms with Gasteiger partial charge in [0.2, 0.25) is 0 Å². The highest BCUT2D eigenvalue weighted by atomic mass is 16.6. The lowest BCUT2D eigenvalue weighted by Crippen LogP contribution is -2.45. The summed E-state index contributed by atoms with van der Waals surface area (Å²) in [5.41, 5.74) is 0.329. The minimum Gasteiger partial charge on any atom is -0.497 e. The van der Waals surface area contributed by atoms with Crippen LogP contribution in [0.4, 0.5) is 11.4 Å². The Morgan fingerprint density at radius 2 is 2.16 bits per heavy atom. The van der Waals surface area contributed by atoms with E-state index in [1.807, 2.05) is 0 Å². The quantitative estimate of drug-likeness (QED) is 0.632. The van der Waals surface area contributed by atoms with E-state index in [0.29, 0.717) is 18.0 Å². The highest BCUT2D eigenvalue weighted by Gasteiger charge is 2.37. The van der Waals surface area contributed by atoms with Crippen LogP contribution in [0.2, 0.25) is 0 Å². The van der Waals surface area contributed by atoms with Crippen molar-refractivity contribution >= 4 is 11.4 Å². The van der Waals surface area contributed by atoms with Gasteiger partial charge in [0.1, 0.15) is 11.4 Å². The summed E-state index contributed by atoms with van der Waals surface area (Å²) < 4.78 is 10.6. The van der Waals surface area contributed by atoms with Gasteiger partial charge in [0.05, 0.1) is 17.6 Å². The van der Waals surface area contributed by atoms with Crippen LogP contribution in [-0.2, 0) is 4.74 Å². The maximum atomic E-state index is 11.0. The van der Waals surface area contributed by atoms with E-state index in [4.69, 9.17) is 9.47 Å². The number of nitro benzene ring substituents is 1. The first-order chi connectivity index (χ1) is 9.10. The zero-order chi connectivity index (χ0) is 13.9. The molecular weight excluding hydrogens is 248 g/mol. The largest absolute Gasteiger partial charge is 0.497 e. The third-order valence-corrected chi connectivity index (χ3v) is 3.70. The summed E-state index contributed by atoms with van der Waals surface area (Å²) in [4.78, 5) is 10.6. The molecule has 0 atom stereocenters. The number of benzene rings is 1. The fourth-order valence-corrected chi connectivity index (χ4v) is 2.22. The maximum Gasteiger partial charge on any atom is 0.292 e. The van der Waals surface area contributed by atoms with Crippen molar-refractivity contribution in [1.29, 1.82) is 0 Å². The van der Waals surface area contributed by atoms with Gasteiger partial charge in [-0.15, -0.1) is 0 Å². The van der Waals surface area contributed by atoms with Gasteiger partial charge in [-0.3, -0.25) is 10.1 Å². The van der Waals surface area contributed by atoms with Crippen molar-refractivity contribution in [3.05, 3.63) is 28.3 Å². The molecule has 104 valence electrons. The Balaban J connectivity index is 2.15. The molecule has 0 aromatic heterocycles. The predicted octanol–water partition coefficient (Wildman–Crippen LogP) is 2.58. The number of hydrogen-bond acceptors (Lipinski definition) is 5. The van der Waals surface area contributed by atoms with Crippen molar-refractivity contribution in [2.75, 3.05) is 26.1 Å². The van der Waals surface area contributed by atoms with Gasteiger partial charge in [-0.1, -0.05) is 0 Å². The summed E-state index contributed by atoms with van der Waals surface area (Å²) in [5, 5.41) is 14.1. The van der Waals surface area contributed by atoms with Crippen molar-refractivity contribution < 1.29 is 14.4 Å². The molecule has 1 aromatic carbocycles. The SMILES string of the molecule is COc1ccc([N+](=O)[O-])c(NCC2(OC)CCC2)c1. The van der Waals surface area contributed by atoms with Crippen molar-refractivity contribution in [2.24, 2.45) is 0 Å². The van der Waals surface area contributed by atoms with Crippen LogP contribution in [0, 0.1) is 10.1 Å². The van der Waals surface area contributed by atoms with Gasteiger partial charge in [-0.25, -0.2) is 0 Å². The maximum absolute atomic E-state index is 11.0. The molecule has 1 fully saturated rings. The molecule has 6 heteroatoms. The predicted molar refractivity (Wildman–Crippen MR) is 71.7 cm³/mol. The highest BCUT2D eigenvalue weighted by molar-refractivity contribution is 5.64. The molecule has 0 bridgehead atoms. The van der Waals surface area contributed by atoms with Gasteiger partial charge in [0, 0.05) is 25.8 Å². The van der Waals surface area contributed by atoms with Crippen LogP contribution in [0.1, 0.15) is 19.3 Å². The first-order valence-electron chi connectivity index (χ1n) is 6.22. The minimum absolute atomic E-state index is 0.0476. The molecule has 0 aliphatic heterocycles. The molecule has 0 heterocycles. The Kier molecular flexibility index (Phi) is 3.90. The third kappa shape index (κ3) is 2.78. The van der Waals surface area contributed by atoms with E-state index >= 15 is 0 Å². The summed E-state index contributed by atoms with van der Waals surface area (Å²) in [6, 6.07) is 4.67.